The number of methoxy groups -OCH3 is 1. The van der Waals surface area contributed by atoms with Gasteiger partial charge in [0.1, 0.15) is 5.75 Å². The van der Waals surface area contributed by atoms with Crippen molar-refractivity contribution < 1.29 is 4.74 Å². The van der Waals surface area contributed by atoms with Gasteiger partial charge in [0.25, 0.3) is 0 Å². The Morgan fingerprint density at radius 1 is 1.53 bits per heavy atom. The maximum absolute atomic E-state index is 5.83. The molecule has 0 aromatic heterocycles. The van der Waals surface area contributed by atoms with E-state index in [-0.39, 0.29) is 0 Å². The van der Waals surface area contributed by atoms with Gasteiger partial charge in [0, 0.05) is 4.90 Å². The van der Waals surface area contributed by atoms with Crippen LogP contribution in [0, 0.1) is 0 Å². The maximum Gasteiger partial charge on any atom is 0.119 e. The molecule has 0 bridgehead atoms. The molecule has 1 aromatic carbocycles. The van der Waals surface area contributed by atoms with Crippen LogP contribution in [-0.4, -0.2) is 19.4 Å². The lowest BCUT2D eigenvalue weighted by Crippen LogP contribution is -2.12. The summed E-state index contributed by atoms with van der Waals surface area (Å²) in [7, 11) is 1.71. The molecular weight excluding hydrogens is 206 g/mol. The van der Waals surface area contributed by atoms with E-state index in [0.29, 0.717) is 5.92 Å². The lowest BCUT2D eigenvalue weighted by molar-refractivity contribution is 0.413. The van der Waals surface area contributed by atoms with Crippen molar-refractivity contribution in [2.75, 3.05) is 19.4 Å². The Hall–Kier alpha value is -0.670. The topological polar surface area (TPSA) is 35.2 Å². The third kappa shape index (κ3) is 2.29. The third-order valence-corrected chi connectivity index (χ3v) is 4.07. The molecule has 82 valence electrons. The number of fused-ring (bicyclic) bond motifs is 1. The van der Waals surface area contributed by atoms with E-state index in [2.05, 4.69) is 12.1 Å². The number of thioether (sulfide) groups is 1. The van der Waals surface area contributed by atoms with Crippen LogP contribution in [0.4, 0.5) is 0 Å². The molecule has 2 rings (SSSR count). The summed E-state index contributed by atoms with van der Waals surface area (Å²) in [5.74, 6) is 2.65. The third-order valence-electron chi connectivity index (χ3n) is 2.90. The molecule has 0 saturated heterocycles. The minimum absolute atomic E-state index is 0.505. The number of benzene rings is 1. The fourth-order valence-electron chi connectivity index (χ4n) is 2.02. The lowest BCUT2D eigenvalue weighted by atomic mass is 9.94. The van der Waals surface area contributed by atoms with E-state index in [1.165, 1.54) is 29.1 Å². The van der Waals surface area contributed by atoms with Crippen LogP contribution in [0.5, 0.6) is 5.75 Å². The van der Waals surface area contributed by atoms with E-state index in [1.807, 2.05) is 17.8 Å². The molecule has 0 fully saturated rings. The van der Waals surface area contributed by atoms with Gasteiger partial charge in [0.15, 0.2) is 0 Å². The van der Waals surface area contributed by atoms with Crippen molar-refractivity contribution in [2.24, 2.45) is 5.73 Å². The van der Waals surface area contributed by atoms with E-state index in [4.69, 9.17) is 10.5 Å². The number of hydrogen-bond donors (Lipinski definition) is 1. The van der Waals surface area contributed by atoms with E-state index < -0.39 is 0 Å². The zero-order valence-corrected chi connectivity index (χ0v) is 9.85. The van der Waals surface area contributed by atoms with Crippen molar-refractivity contribution in [3.63, 3.8) is 0 Å². The highest BCUT2D eigenvalue weighted by Crippen LogP contribution is 2.37. The van der Waals surface area contributed by atoms with Crippen LogP contribution in [0.15, 0.2) is 23.1 Å². The zero-order valence-electron chi connectivity index (χ0n) is 9.03. The Balaban J connectivity index is 2.38. The smallest absolute Gasteiger partial charge is 0.119 e. The first-order valence-electron chi connectivity index (χ1n) is 5.36. The molecule has 0 amide bonds. The van der Waals surface area contributed by atoms with E-state index in [9.17, 15) is 0 Å². The molecule has 2 nitrogen and oxygen atoms in total. The Morgan fingerprint density at radius 3 is 3.13 bits per heavy atom. The van der Waals surface area contributed by atoms with Gasteiger partial charge >= 0.3 is 0 Å². The fourth-order valence-corrected chi connectivity index (χ4v) is 3.10. The molecule has 1 aliphatic rings. The van der Waals surface area contributed by atoms with Gasteiger partial charge in [-0.1, -0.05) is 0 Å². The molecule has 0 aliphatic carbocycles. The standard InChI is InChI=1S/C12H17NOS/c1-14-10-4-5-12-11(7-10)9(8-13)3-2-6-15-12/h4-5,7,9H,2-3,6,8,13H2,1H3. The highest BCUT2D eigenvalue weighted by molar-refractivity contribution is 7.99. The van der Waals surface area contributed by atoms with Crippen LogP contribution in [-0.2, 0) is 0 Å². The summed E-state index contributed by atoms with van der Waals surface area (Å²) in [5.41, 5.74) is 7.20. The van der Waals surface area contributed by atoms with Crippen LogP contribution in [0.2, 0.25) is 0 Å². The second kappa shape index (κ2) is 4.90. The van der Waals surface area contributed by atoms with Crippen molar-refractivity contribution >= 4 is 11.8 Å². The van der Waals surface area contributed by atoms with Gasteiger partial charge < -0.3 is 10.5 Å². The van der Waals surface area contributed by atoms with Crippen LogP contribution in [0.1, 0.15) is 24.3 Å². The quantitative estimate of drug-likeness (QED) is 0.837. The maximum atomic E-state index is 5.83. The molecule has 15 heavy (non-hydrogen) atoms. The predicted molar refractivity (Wildman–Crippen MR) is 64.7 cm³/mol. The summed E-state index contributed by atoms with van der Waals surface area (Å²) in [6, 6.07) is 6.34. The minimum Gasteiger partial charge on any atom is -0.497 e. The van der Waals surface area contributed by atoms with Crippen molar-refractivity contribution in [2.45, 2.75) is 23.7 Å². The van der Waals surface area contributed by atoms with E-state index in [0.717, 1.165) is 12.3 Å². The molecule has 2 N–H and O–H groups in total. The summed E-state index contributed by atoms with van der Waals surface area (Å²) < 4.78 is 5.26. The fraction of sp³-hybridized carbons (Fsp3) is 0.500. The number of hydrogen-bond acceptors (Lipinski definition) is 3. The second-order valence-corrected chi connectivity index (χ2v) is 4.96. The molecule has 1 heterocycles. The van der Waals surface area contributed by atoms with Gasteiger partial charge in [-0.15, -0.1) is 11.8 Å². The first-order chi connectivity index (χ1) is 7.35. The SMILES string of the molecule is COc1ccc2c(c1)C(CN)CCCS2. The van der Waals surface area contributed by atoms with Gasteiger partial charge in [-0.05, 0) is 54.8 Å². The first kappa shape index (κ1) is 10.8. The number of rotatable bonds is 2. The normalized spacial score (nSPS) is 20.5. The molecule has 3 heteroatoms. The van der Waals surface area contributed by atoms with E-state index >= 15 is 0 Å². The first-order valence-corrected chi connectivity index (χ1v) is 6.34. The Labute approximate surface area is 95.2 Å². The average Bonchev–Trinajstić information content (AvgIpc) is 2.49. The van der Waals surface area contributed by atoms with Crippen molar-refractivity contribution in [3.05, 3.63) is 23.8 Å². The molecule has 1 unspecified atom stereocenters. The summed E-state index contributed by atoms with van der Waals surface area (Å²) in [5, 5.41) is 0. The molecule has 0 saturated carbocycles. The van der Waals surface area contributed by atoms with Crippen LogP contribution < -0.4 is 10.5 Å². The summed E-state index contributed by atoms with van der Waals surface area (Å²) in [6.07, 6.45) is 2.45. The predicted octanol–water partition coefficient (Wildman–Crippen LogP) is 2.62. The zero-order chi connectivity index (χ0) is 10.7. The summed E-state index contributed by atoms with van der Waals surface area (Å²) >= 11 is 1.94. The van der Waals surface area contributed by atoms with Crippen molar-refractivity contribution in [3.8, 4) is 5.75 Å². The molecule has 0 radical (unpaired) electrons. The molecule has 0 spiro atoms. The summed E-state index contributed by atoms with van der Waals surface area (Å²) in [4.78, 5) is 1.38. The Kier molecular flexibility index (Phi) is 3.54. The Morgan fingerprint density at radius 2 is 2.40 bits per heavy atom. The molecular formula is C12H17NOS. The van der Waals surface area contributed by atoms with Crippen LogP contribution >= 0.6 is 11.8 Å². The van der Waals surface area contributed by atoms with Crippen LogP contribution in [0.25, 0.3) is 0 Å². The van der Waals surface area contributed by atoms with Gasteiger partial charge in [-0.2, -0.15) is 0 Å². The lowest BCUT2D eigenvalue weighted by Gasteiger charge is -2.15. The van der Waals surface area contributed by atoms with Gasteiger partial charge in [-0.25, -0.2) is 0 Å². The minimum atomic E-state index is 0.505. The number of ether oxygens (including phenoxy) is 1. The average molecular weight is 223 g/mol. The highest BCUT2D eigenvalue weighted by atomic mass is 32.2. The van der Waals surface area contributed by atoms with Crippen molar-refractivity contribution in [1.29, 1.82) is 0 Å². The Bertz CT molecular complexity index is 340. The molecule has 1 atom stereocenters. The van der Waals surface area contributed by atoms with Crippen molar-refractivity contribution in [1.82, 2.24) is 0 Å². The molecule has 1 aliphatic heterocycles. The largest absolute Gasteiger partial charge is 0.497 e. The van der Waals surface area contributed by atoms with E-state index in [1.54, 1.807) is 7.11 Å². The van der Waals surface area contributed by atoms with Gasteiger partial charge in [0.05, 0.1) is 7.11 Å². The monoisotopic (exact) mass is 223 g/mol. The summed E-state index contributed by atoms with van der Waals surface area (Å²) in [6.45, 7) is 0.737. The number of nitrogens with two attached hydrogens (primary N) is 1. The highest BCUT2D eigenvalue weighted by Gasteiger charge is 2.18. The van der Waals surface area contributed by atoms with Gasteiger partial charge in [0.2, 0.25) is 0 Å². The van der Waals surface area contributed by atoms with Crippen LogP contribution in [0.3, 0.4) is 0 Å². The second-order valence-electron chi connectivity index (χ2n) is 3.83. The molecule has 1 aromatic rings. The van der Waals surface area contributed by atoms with Gasteiger partial charge in [-0.3, -0.25) is 0 Å².